The van der Waals surface area contributed by atoms with E-state index < -0.39 is 5.91 Å². The Hall–Kier alpha value is -1.10. The summed E-state index contributed by atoms with van der Waals surface area (Å²) in [5.74, 6) is -0.856. The first-order chi connectivity index (χ1) is 8.70. The van der Waals surface area contributed by atoms with Gasteiger partial charge in [-0.05, 0) is 32.1 Å². The number of nitrogens with zero attached hydrogens (tertiary/aromatic N) is 1. The van der Waals surface area contributed by atoms with Crippen molar-refractivity contribution in [2.45, 2.75) is 45.1 Å². The Morgan fingerprint density at radius 3 is 2.83 bits per heavy atom. The SMILES string of the molecule is CCC1CCCCN1C(=O)C(=O)NCCCOC. The number of rotatable bonds is 5. The molecule has 5 heteroatoms. The zero-order chi connectivity index (χ0) is 13.4. The molecule has 0 radical (unpaired) electrons. The van der Waals surface area contributed by atoms with E-state index in [1.807, 2.05) is 0 Å². The van der Waals surface area contributed by atoms with Crippen molar-refractivity contribution in [3.63, 3.8) is 0 Å². The van der Waals surface area contributed by atoms with Crippen LogP contribution < -0.4 is 5.32 Å². The Labute approximate surface area is 109 Å². The molecule has 0 saturated carbocycles. The molecule has 2 amide bonds. The molecule has 18 heavy (non-hydrogen) atoms. The highest BCUT2D eigenvalue weighted by molar-refractivity contribution is 6.35. The molecule has 0 aromatic rings. The van der Waals surface area contributed by atoms with Crippen molar-refractivity contribution < 1.29 is 14.3 Å². The van der Waals surface area contributed by atoms with E-state index in [0.29, 0.717) is 19.7 Å². The van der Waals surface area contributed by atoms with Gasteiger partial charge >= 0.3 is 11.8 Å². The molecular weight excluding hydrogens is 232 g/mol. The van der Waals surface area contributed by atoms with Gasteiger partial charge in [-0.25, -0.2) is 0 Å². The van der Waals surface area contributed by atoms with Crippen molar-refractivity contribution in [3.8, 4) is 0 Å². The number of carbonyl (C=O) groups is 2. The van der Waals surface area contributed by atoms with Gasteiger partial charge in [-0.15, -0.1) is 0 Å². The summed E-state index contributed by atoms with van der Waals surface area (Å²) in [5, 5.41) is 2.65. The van der Waals surface area contributed by atoms with Gasteiger partial charge in [0.15, 0.2) is 0 Å². The van der Waals surface area contributed by atoms with E-state index in [-0.39, 0.29) is 11.9 Å². The Kier molecular flexibility index (Phi) is 6.72. The topological polar surface area (TPSA) is 58.6 Å². The van der Waals surface area contributed by atoms with Gasteiger partial charge in [0.05, 0.1) is 0 Å². The fraction of sp³-hybridized carbons (Fsp3) is 0.846. The van der Waals surface area contributed by atoms with Crippen molar-refractivity contribution in [1.29, 1.82) is 0 Å². The highest BCUT2D eigenvalue weighted by Gasteiger charge is 2.29. The van der Waals surface area contributed by atoms with Crippen LogP contribution >= 0.6 is 0 Å². The van der Waals surface area contributed by atoms with Crippen molar-refractivity contribution in [2.24, 2.45) is 0 Å². The Morgan fingerprint density at radius 1 is 1.39 bits per heavy atom. The van der Waals surface area contributed by atoms with Gasteiger partial charge in [0.2, 0.25) is 0 Å². The van der Waals surface area contributed by atoms with Crippen LogP contribution in [0.15, 0.2) is 0 Å². The molecule has 0 bridgehead atoms. The maximum absolute atomic E-state index is 12.0. The van der Waals surface area contributed by atoms with Crippen LogP contribution in [-0.2, 0) is 14.3 Å². The maximum atomic E-state index is 12.0. The minimum absolute atomic E-state index is 0.232. The second-order valence-electron chi connectivity index (χ2n) is 4.66. The van der Waals surface area contributed by atoms with Crippen molar-refractivity contribution >= 4 is 11.8 Å². The summed E-state index contributed by atoms with van der Waals surface area (Å²) in [4.78, 5) is 25.5. The van der Waals surface area contributed by atoms with Gasteiger partial charge < -0.3 is 15.0 Å². The summed E-state index contributed by atoms with van der Waals surface area (Å²) in [6.45, 7) is 3.86. The lowest BCUT2D eigenvalue weighted by atomic mass is 10.00. The predicted octanol–water partition coefficient (Wildman–Crippen LogP) is 0.930. The van der Waals surface area contributed by atoms with E-state index >= 15 is 0 Å². The van der Waals surface area contributed by atoms with E-state index in [0.717, 1.165) is 32.1 Å². The third-order valence-electron chi connectivity index (χ3n) is 3.36. The van der Waals surface area contributed by atoms with Crippen LogP contribution in [0, 0.1) is 0 Å². The Morgan fingerprint density at radius 2 is 2.17 bits per heavy atom. The number of hydrogen-bond donors (Lipinski definition) is 1. The predicted molar refractivity (Wildman–Crippen MR) is 69.1 cm³/mol. The summed E-state index contributed by atoms with van der Waals surface area (Å²) in [7, 11) is 1.62. The van der Waals surface area contributed by atoms with Crippen LogP contribution in [0.2, 0.25) is 0 Å². The number of carbonyl (C=O) groups excluding carboxylic acids is 2. The molecule has 1 heterocycles. The van der Waals surface area contributed by atoms with Gasteiger partial charge in [0.25, 0.3) is 0 Å². The third-order valence-corrected chi connectivity index (χ3v) is 3.36. The van der Waals surface area contributed by atoms with Crippen LogP contribution in [0.1, 0.15) is 39.0 Å². The molecule has 0 aromatic heterocycles. The van der Waals surface area contributed by atoms with E-state index in [4.69, 9.17) is 4.74 Å². The maximum Gasteiger partial charge on any atom is 0.312 e. The molecule has 1 aliphatic rings. The highest BCUT2D eigenvalue weighted by atomic mass is 16.5. The first-order valence-corrected chi connectivity index (χ1v) is 6.78. The number of nitrogens with one attached hydrogen (secondary N) is 1. The van der Waals surface area contributed by atoms with Crippen LogP contribution in [0.4, 0.5) is 0 Å². The number of amides is 2. The van der Waals surface area contributed by atoms with E-state index in [1.54, 1.807) is 12.0 Å². The van der Waals surface area contributed by atoms with Gasteiger partial charge in [-0.2, -0.15) is 0 Å². The van der Waals surface area contributed by atoms with Gasteiger partial charge in [-0.1, -0.05) is 6.92 Å². The summed E-state index contributed by atoms with van der Waals surface area (Å²) < 4.78 is 4.89. The molecule has 1 aliphatic heterocycles. The lowest BCUT2D eigenvalue weighted by molar-refractivity contribution is -0.148. The lowest BCUT2D eigenvalue weighted by Gasteiger charge is -2.34. The second kappa shape index (κ2) is 8.08. The average molecular weight is 256 g/mol. The molecule has 0 aliphatic carbocycles. The third kappa shape index (κ3) is 4.29. The molecule has 1 saturated heterocycles. The average Bonchev–Trinajstić information content (AvgIpc) is 2.42. The number of hydrogen-bond acceptors (Lipinski definition) is 3. The fourth-order valence-electron chi connectivity index (χ4n) is 2.32. The summed E-state index contributed by atoms with van der Waals surface area (Å²) in [6.07, 6.45) is 4.81. The van der Waals surface area contributed by atoms with Gasteiger partial charge in [0.1, 0.15) is 0 Å². The minimum atomic E-state index is -0.480. The molecule has 0 aromatic carbocycles. The van der Waals surface area contributed by atoms with Crippen molar-refractivity contribution in [3.05, 3.63) is 0 Å². The zero-order valence-electron chi connectivity index (χ0n) is 11.4. The highest BCUT2D eigenvalue weighted by Crippen LogP contribution is 2.19. The molecule has 1 rings (SSSR count). The second-order valence-corrected chi connectivity index (χ2v) is 4.66. The fourth-order valence-corrected chi connectivity index (χ4v) is 2.32. The first kappa shape index (κ1) is 15.0. The largest absolute Gasteiger partial charge is 0.385 e. The van der Waals surface area contributed by atoms with Crippen LogP contribution in [0.5, 0.6) is 0 Å². The lowest BCUT2D eigenvalue weighted by Crippen LogP contribution is -2.50. The minimum Gasteiger partial charge on any atom is -0.385 e. The Balaban J connectivity index is 2.39. The van der Waals surface area contributed by atoms with E-state index in [1.165, 1.54) is 0 Å². The van der Waals surface area contributed by atoms with E-state index in [2.05, 4.69) is 12.2 Å². The first-order valence-electron chi connectivity index (χ1n) is 6.78. The van der Waals surface area contributed by atoms with Gasteiger partial charge in [-0.3, -0.25) is 9.59 Å². The van der Waals surface area contributed by atoms with Crippen molar-refractivity contribution in [1.82, 2.24) is 10.2 Å². The molecule has 1 N–H and O–H groups in total. The molecule has 1 fully saturated rings. The van der Waals surface area contributed by atoms with Crippen LogP contribution in [0.3, 0.4) is 0 Å². The normalized spacial score (nSPS) is 19.7. The smallest absolute Gasteiger partial charge is 0.312 e. The summed E-state index contributed by atoms with van der Waals surface area (Å²) in [5.41, 5.74) is 0. The van der Waals surface area contributed by atoms with Crippen molar-refractivity contribution in [2.75, 3.05) is 26.8 Å². The quantitative estimate of drug-likeness (QED) is 0.588. The molecule has 5 nitrogen and oxygen atoms in total. The molecule has 1 unspecified atom stereocenters. The molecule has 104 valence electrons. The van der Waals surface area contributed by atoms with Gasteiger partial charge in [0, 0.05) is 32.8 Å². The monoisotopic (exact) mass is 256 g/mol. The molecule has 0 spiro atoms. The number of likely N-dealkylation sites (tertiary alicyclic amines) is 1. The number of piperidine rings is 1. The standard InChI is InChI=1S/C13H24N2O3/c1-3-11-7-4-5-9-15(11)13(17)12(16)14-8-6-10-18-2/h11H,3-10H2,1-2H3,(H,14,16). The van der Waals surface area contributed by atoms with Crippen LogP contribution in [-0.4, -0.2) is 49.6 Å². The number of methoxy groups -OCH3 is 1. The zero-order valence-corrected chi connectivity index (χ0v) is 11.4. The van der Waals surface area contributed by atoms with Crippen LogP contribution in [0.25, 0.3) is 0 Å². The summed E-state index contributed by atoms with van der Waals surface area (Å²) in [6, 6.07) is 0.232. The molecular formula is C13H24N2O3. The molecule has 1 atom stereocenters. The van der Waals surface area contributed by atoms with E-state index in [9.17, 15) is 9.59 Å². The Bertz CT molecular complexity index is 281. The number of ether oxygens (including phenoxy) is 1. The summed E-state index contributed by atoms with van der Waals surface area (Å²) >= 11 is 0.